The minimum atomic E-state index is -0.389. The molecule has 0 aliphatic rings. The zero-order valence-corrected chi connectivity index (χ0v) is 16.4. The first-order valence-electron chi connectivity index (χ1n) is 7.91. The van der Waals surface area contributed by atoms with Crippen LogP contribution in [0.5, 0.6) is 0 Å². The molecule has 136 valence electrons. The normalized spacial score (nSPS) is 12.8. The van der Waals surface area contributed by atoms with Crippen molar-refractivity contribution >= 4 is 34.9 Å². The first-order chi connectivity index (χ1) is 11.7. The molecular weight excluding hydrogens is 358 g/mol. The molecule has 0 fully saturated rings. The largest absolute Gasteiger partial charge is 0.370 e. The predicted molar refractivity (Wildman–Crippen MR) is 100 cm³/mol. The molecule has 0 saturated heterocycles. The van der Waals surface area contributed by atoms with E-state index in [-0.39, 0.29) is 29.0 Å². The number of nitrogens with two attached hydrogens (primary N) is 1. The van der Waals surface area contributed by atoms with Crippen molar-refractivity contribution < 1.29 is 9.59 Å². The third kappa shape index (κ3) is 5.57. The van der Waals surface area contributed by atoms with Gasteiger partial charge in [-0.3, -0.25) is 9.59 Å². The standard InChI is InChI=1S/C16H23N5O2S2/c1-10(14(23)18-16(2,3)4)25-15-20-19-13(11-6-5-9-24-11)21(15)8-7-12(17)22/h5-6,9-10H,7-8H2,1-4H3,(H2,17,22)(H,18,23). The van der Waals surface area contributed by atoms with Gasteiger partial charge in [0.2, 0.25) is 11.8 Å². The molecule has 0 aromatic carbocycles. The maximum atomic E-state index is 12.3. The third-order valence-corrected chi connectivity index (χ3v) is 5.14. The van der Waals surface area contributed by atoms with E-state index in [2.05, 4.69) is 15.5 Å². The summed E-state index contributed by atoms with van der Waals surface area (Å²) in [5.41, 5.74) is 4.99. The smallest absolute Gasteiger partial charge is 0.233 e. The minimum Gasteiger partial charge on any atom is -0.370 e. The van der Waals surface area contributed by atoms with Gasteiger partial charge in [-0.1, -0.05) is 17.8 Å². The van der Waals surface area contributed by atoms with E-state index in [4.69, 9.17) is 5.73 Å². The van der Waals surface area contributed by atoms with Gasteiger partial charge in [-0.25, -0.2) is 0 Å². The second-order valence-corrected chi connectivity index (χ2v) is 8.91. The SMILES string of the molecule is CC(Sc1nnc(-c2cccs2)n1CCC(N)=O)C(=O)NC(C)(C)C. The van der Waals surface area contributed by atoms with E-state index in [9.17, 15) is 9.59 Å². The number of thiophene rings is 1. The average molecular weight is 382 g/mol. The lowest BCUT2D eigenvalue weighted by Crippen LogP contribution is -2.44. The highest BCUT2D eigenvalue weighted by Gasteiger charge is 2.24. The predicted octanol–water partition coefficient (Wildman–Crippen LogP) is 2.28. The van der Waals surface area contributed by atoms with Gasteiger partial charge in [0.25, 0.3) is 0 Å². The van der Waals surface area contributed by atoms with Gasteiger partial charge in [0.05, 0.1) is 10.1 Å². The van der Waals surface area contributed by atoms with Gasteiger partial charge in [0.15, 0.2) is 11.0 Å². The molecule has 0 bridgehead atoms. The van der Waals surface area contributed by atoms with Crippen LogP contribution in [0, 0.1) is 0 Å². The van der Waals surface area contributed by atoms with Gasteiger partial charge < -0.3 is 15.6 Å². The van der Waals surface area contributed by atoms with Crippen LogP contribution in [0.1, 0.15) is 34.1 Å². The van der Waals surface area contributed by atoms with Gasteiger partial charge in [-0.15, -0.1) is 21.5 Å². The molecule has 2 rings (SSSR count). The van der Waals surface area contributed by atoms with E-state index >= 15 is 0 Å². The summed E-state index contributed by atoms with van der Waals surface area (Å²) in [6, 6.07) is 3.87. The highest BCUT2D eigenvalue weighted by atomic mass is 32.2. The van der Waals surface area contributed by atoms with Crippen molar-refractivity contribution in [3.63, 3.8) is 0 Å². The number of carbonyl (C=O) groups is 2. The Bertz CT molecular complexity index is 734. The molecule has 2 aromatic heterocycles. The van der Waals surface area contributed by atoms with Gasteiger partial charge >= 0.3 is 0 Å². The van der Waals surface area contributed by atoms with Crippen LogP contribution in [0.2, 0.25) is 0 Å². The van der Waals surface area contributed by atoms with E-state index in [1.807, 2.05) is 49.8 Å². The summed E-state index contributed by atoms with van der Waals surface area (Å²) >= 11 is 2.86. The second kappa shape index (κ2) is 8.01. The molecule has 0 spiro atoms. The van der Waals surface area contributed by atoms with E-state index in [0.29, 0.717) is 17.5 Å². The van der Waals surface area contributed by atoms with Crippen LogP contribution in [0.3, 0.4) is 0 Å². The quantitative estimate of drug-likeness (QED) is 0.716. The maximum Gasteiger partial charge on any atom is 0.233 e. The Morgan fingerprint density at radius 1 is 1.40 bits per heavy atom. The summed E-state index contributed by atoms with van der Waals surface area (Å²) in [6.07, 6.45) is 0.187. The summed E-state index contributed by atoms with van der Waals surface area (Å²) < 4.78 is 1.85. The molecule has 1 unspecified atom stereocenters. The van der Waals surface area contributed by atoms with Crippen molar-refractivity contribution in [3.05, 3.63) is 17.5 Å². The first-order valence-corrected chi connectivity index (χ1v) is 9.67. The van der Waals surface area contributed by atoms with Crippen LogP contribution in [0.25, 0.3) is 10.7 Å². The van der Waals surface area contributed by atoms with Crippen LogP contribution < -0.4 is 11.1 Å². The first kappa shape index (κ1) is 19.5. The molecule has 0 aliphatic heterocycles. The minimum absolute atomic E-state index is 0.0698. The van der Waals surface area contributed by atoms with Crippen LogP contribution >= 0.6 is 23.1 Å². The summed E-state index contributed by atoms with van der Waals surface area (Å²) in [5, 5.41) is 13.6. The number of hydrogen-bond acceptors (Lipinski definition) is 6. The zero-order valence-electron chi connectivity index (χ0n) is 14.8. The fourth-order valence-corrected chi connectivity index (χ4v) is 3.66. The van der Waals surface area contributed by atoms with E-state index < -0.39 is 0 Å². The lowest BCUT2D eigenvalue weighted by atomic mass is 10.1. The monoisotopic (exact) mass is 381 g/mol. The zero-order chi connectivity index (χ0) is 18.6. The number of aromatic nitrogens is 3. The molecule has 0 radical (unpaired) electrons. The molecule has 2 aromatic rings. The highest BCUT2D eigenvalue weighted by Crippen LogP contribution is 2.29. The Kier molecular flexibility index (Phi) is 6.23. The molecule has 25 heavy (non-hydrogen) atoms. The van der Waals surface area contributed by atoms with Gasteiger partial charge in [0, 0.05) is 18.5 Å². The van der Waals surface area contributed by atoms with Crippen molar-refractivity contribution in [2.75, 3.05) is 0 Å². The van der Waals surface area contributed by atoms with Crippen molar-refractivity contribution in [1.29, 1.82) is 0 Å². The molecule has 7 nitrogen and oxygen atoms in total. The Morgan fingerprint density at radius 2 is 2.12 bits per heavy atom. The van der Waals surface area contributed by atoms with Crippen LogP contribution in [0.4, 0.5) is 0 Å². The second-order valence-electron chi connectivity index (χ2n) is 6.65. The summed E-state index contributed by atoms with van der Waals surface area (Å²) in [5.74, 6) is 0.224. The summed E-state index contributed by atoms with van der Waals surface area (Å²) in [4.78, 5) is 24.5. The van der Waals surface area contributed by atoms with Crippen molar-refractivity contribution in [1.82, 2.24) is 20.1 Å². The number of rotatable bonds is 7. The Balaban J connectivity index is 2.22. The number of primary amides is 1. The van der Waals surface area contributed by atoms with Crippen molar-refractivity contribution in [3.8, 4) is 10.7 Å². The average Bonchev–Trinajstić information content (AvgIpc) is 3.12. The number of nitrogens with one attached hydrogen (secondary N) is 1. The molecule has 2 heterocycles. The lowest BCUT2D eigenvalue weighted by Gasteiger charge is -2.22. The molecule has 0 aliphatic carbocycles. The van der Waals surface area contributed by atoms with Crippen molar-refractivity contribution in [2.45, 2.75) is 56.6 Å². The number of nitrogens with zero attached hydrogens (tertiary/aromatic N) is 3. The van der Waals surface area contributed by atoms with Crippen LogP contribution in [-0.4, -0.2) is 37.4 Å². The van der Waals surface area contributed by atoms with Gasteiger partial charge in [0.1, 0.15) is 0 Å². The van der Waals surface area contributed by atoms with Crippen LogP contribution in [0.15, 0.2) is 22.7 Å². The molecule has 3 N–H and O–H groups in total. The maximum absolute atomic E-state index is 12.3. The Morgan fingerprint density at radius 3 is 2.68 bits per heavy atom. The summed E-state index contributed by atoms with van der Waals surface area (Å²) in [7, 11) is 0. The van der Waals surface area contributed by atoms with Crippen molar-refractivity contribution in [2.24, 2.45) is 5.73 Å². The fourth-order valence-electron chi connectivity index (χ4n) is 2.07. The molecule has 9 heteroatoms. The Labute approximate surface area is 155 Å². The molecular formula is C16H23N5O2S2. The molecule has 2 amide bonds. The third-order valence-electron chi connectivity index (χ3n) is 3.19. The molecule has 1 atom stereocenters. The van der Waals surface area contributed by atoms with E-state index in [1.54, 1.807) is 11.3 Å². The van der Waals surface area contributed by atoms with Crippen LogP contribution in [-0.2, 0) is 16.1 Å². The van der Waals surface area contributed by atoms with Gasteiger partial charge in [-0.2, -0.15) is 0 Å². The Hall–Kier alpha value is -1.87. The highest BCUT2D eigenvalue weighted by molar-refractivity contribution is 8.00. The topological polar surface area (TPSA) is 103 Å². The number of hydrogen-bond donors (Lipinski definition) is 2. The fraction of sp³-hybridized carbons (Fsp3) is 0.500. The lowest BCUT2D eigenvalue weighted by molar-refractivity contribution is -0.121. The number of amides is 2. The number of carbonyl (C=O) groups excluding carboxylic acids is 2. The molecule has 0 saturated carbocycles. The van der Waals surface area contributed by atoms with E-state index in [1.165, 1.54) is 11.8 Å². The summed E-state index contributed by atoms with van der Waals surface area (Å²) in [6.45, 7) is 8.01. The van der Waals surface area contributed by atoms with E-state index in [0.717, 1.165) is 4.88 Å². The number of thioether (sulfide) groups is 1. The van der Waals surface area contributed by atoms with Gasteiger partial charge in [-0.05, 0) is 39.1 Å².